The fraction of sp³-hybridized carbons (Fsp3) is 0.400. The van der Waals surface area contributed by atoms with Crippen molar-refractivity contribution >= 4 is 12.4 Å². The zero-order valence-corrected chi connectivity index (χ0v) is 12.4. The van der Waals surface area contributed by atoms with Gasteiger partial charge in [-0.2, -0.15) is 0 Å². The normalized spacial score (nSPS) is 19.6. The van der Waals surface area contributed by atoms with Gasteiger partial charge >= 0.3 is 0 Å². The molecule has 0 aliphatic carbocycles. The van der Waals surface area contributed by atoms with Gasteiger partial charge in [0.05, 0.1) is 5.69 Å². The van der Waals surface area contributed by atoms with E-state index in [0.717, 1.165) is 37.4 Å². The van der Waals surface area contributed by atoms with Crippen LogP contribution in [0.5, 0.6) is 0 Å². The summed E-state index contributed by atoms with van der Waals surface area (Å²) >= 11 is 0. The SMILES string of the molecule is CC1CN(Cc2coc(-c3ccccc3)n2)CCN1.Cl. The maximum Gasteiger partial charge on any atom is 0.226 e. The molecule has 1 unspecified atom stereocenters. The van der Waals surface area contributed by atoms with Crippen molar-refractivity contribution in [2.45, 2.75) is 19.5 Å². The van der Waals surface area contributed by atoms with Gasteiger partial charge in [0, 0.05) is 37.8 Å². The van der Waals surface area contributed by atoms with Crippen molar-refractivity contribution in [2.75, 3.05) is 19.6 Å². The number of hydrogen-bond donors (Lipinski definition) is 1. The molecular weight excluding hydrogens is 274 g/mol. The Balaban J connectivity index is 0.00000147. The standard InChI is InChI=1S/C15H19N3O.ClH/c1-12-9-18(8-7-16-12)10-14-11-19-15(17-14)13-5-3-2-4-6-13;/h2-6,11-12,16H,7-10H2,1H3;1H. The van der Waals surface area contributed by atoms with Gasteiger partial charge in [-0.25, -0.2) is 4.98 Å². The molecule has 5 heteroatoms. The first-order chi connectivity index (χ1) is 9.31. The number of nitrogens with one attached hydrogen (secondary N) is 1. The predicted octanol–water partition coefficient (Wildman–Crippen LogP) is 2.56. The molecule has 4 nitrogen and oxygen atoms in total. The van der Waals surface area contributed by atoms with Crippen molar-refractivity contribution in [1.82, 2.24) is 15.2 Å². The summed E-state index contributed by atoms with van der Waals surface area (Å²) in [5, 5.41) is 3.44. The van der Waals surface area contributed by atoms with Crippen LogP contribution in [0.3, 0.4) is 0 Å². The smallest absolute Gasteiger partial charge is 0.226 e. The summed E-state index contributed by atoms with van der Waals surface area (Å²) in [6.45, 7) is 6.25. The second-order valence-corrected chi connectivity index (χ2v) is 5.10. The van der Waals surface area contributed by atoms with E-state index >= 15 is 0 Å². The molecule has 1 saturated heterocycles. The second kappa shape index (κ2) is 6.88. The average molecular weight is 294 g/mol. The van der Waals surface area contributed by atoms with E-state index < -0.39 is 0 Å². The summed E-state index contributed by atoms with van der Waals surface area (Å²) in [6, 6.07) is 10.6. The van der Waals surface area contributed by atoms with Crippen molar-refractivity contribution in [1.29, 1.82) is 0 Å². The van der Waals surface area contributed by atoms with Crippen molar-refractivity contribution in [2.24, 2.45) is 0 Å². The van der Waals surface area contributed by atoms with Gasteiger partial charge < -0.3 is 9.73 Å². The summed E-state index contributed by atoms with van der Waals surface area (Å²) in [6.07, 6.45) is 1.77. The molecule has 1 N–H and O–H groups in total. The van der Waals surface area contributed by atoms with Crippen LogP contribution < -0.4 is 5.32 Å². The van der Waals surface area contributed by atoms with E-state index in [1.807, 2.05) is 30.3 Å². The predicted molar refractivity (Wildman–Crippen MR) is 81.9 cm³/mol. The van der Waals surface area contributed by atoms with Gasteiger partial charge in [0.1, 0.15) is 6.26 Å². The largest absolute Gasteiger partial charge is 0.444 e. The summed E-state index contributed by atoms with van der Waals surface area (Å²) < 4.78 is 5.57. The third-order valence-electron chi connectivity index (χ3n) is 3.41. The molecule has 1 aliphatic rings. The zero-order valence-electron chi connectivity index (χ0n) is 11.6. The van der Waals surface area contributed by atoms with E-state index in [4.69, 9.17) is 4.42 Å². The highest BCUT2D eigenvalue weighted by atomic mass is 35.5. The van der Waals surface area contributed by atoms with E-state index in [9.17, 15) is 0 Å². The molecule has 2 heterocycles. The number of piperazine rings is 1. The Morgan fingerprint density at radius 1 is 1.35 bits per heavy atom. The average Bonchev–Trinajstić information content (AvgIpc) is 2.88. The highest BCUT2D eigenvalue weighted by Gasteiger charge is 2.17. The fourth-order valence-corrected chi connectivity index (χ4v) is 2.48. The minimum absolute atomic E-state index is 0. The lowest BCUT2D eigenvalue weighted by molar-refractivity contribution is 0.197. The van der Waals surface area contributed by atoms with Crippen LogP contribution in [0.4, 0.5) is 0 Å². The molecule has 1 aromatic heterocycles. The lowest BCUT2D eigenvalue weighted by Crippen LogP contribution is -2.48. The summed E-state index contributed by atoms with van der Waals surface area (Å²) in [7, 11) is 0. The van der Waals surface area contributed by atoms with Gasteiger partial charge in [-0.3, -0.25) is 4.90 Å². The first-order valence-corrected chi connectivity index (χ1v) is 6.77. The number of aromatic nitrogens is 1. The Morgan fingerprint density at radius 2 is 2.15 bits per heavy atom. The van der Waals surface area contributed by atoms with E-state index in [1.54, 1.807) is 6.26 Å². The van der Waals surface area contributed by atoms with Crippen LogP contribution in [0.25, 0.3) is 11.5 Å². The van der Waals surface area contributed by atoms with Gasteiger partial charge in [0.25, 0.3) is 0 Å². The zero-order chi connectivity index (χ0) is 13.1. The fourth-order valence-electron chi connectivity index (χ4n) is 2.48. The van der Waals surface area contributed by atoms with Crippen LogP contribution >= 0.6 is 12.4 Å². The highest BCUT2D eigenvalue weighted by molar-refractivity contribution is 5.85. The van der Waals surface area contributed by atoms with Crippen LogP contribution in [0, 0.1) is 0 Å². The van der Waals surface area contributed by atoms with Crippen molar-refractivity contribution in [3.63, 3.8) is 0 Å². The lowest BCUT2D eigenvalue weighted by atomic mass is 10.2. The number of rotatable bonds is 3. The lowest BCUT2D eigenvalue weighted by Gasteiger charge is -2.31. The minimum atomic E-state index is 0. The second-order valence-electron chi connectivity index (χ2n) is 5.10. The molecule has 1 fully saturated rings. The Bertz CT molecular complexity index is 529. The molecule has 2 aromatic rings. The number of nitrogens with zero attached hydrogens (tertiary/aromatic N) is 2. The molecule has 108 valence electrons. The van der Waals surface area contributed by atoms with Crippen LogP contribution in [-0.4, -0.2) is 35.6 Å². The summed E-state index contributed by atoms with van der Waals surface area (Å²) in [5.41, 5.74) is 2.04. The van der Waals surface area contributed by atoms with Crippen molar-refractivity contribution < 1.29 is 4.42 Å². The number of hydrogen-bond acceptors (Lipinski definition) is 4. The number of benzene rings is 1. The van der Waals surface area contributed by atoms with Crippen LogP contribution in [-0.2, 0) is 6.54 Å². The summed E-state index contributed by atoms with van der Waals surface area (Å²) in [4.78, 5) is 6.98. The maximum absolute atomic E-state index is 5.57. The van der Waals surface area contributed by atoms with E-state index in [-0.39, 0.29) is 12.4 Å². The Labute approximate surface area is 125 Å². The van der Waals surface area contributed by atoms with Crippen LogP contribution in [0.1, 0.15) is 12.6 Å². The molecule has 0 spiro atoms. The van der Waals surface area contributed by atoms with Gasteiger partial charge in [0.15, 0.2) is 0 Å². The topological polar surface area (TPSA) is 41.3 Å². The van der Waals surface area contributed by atoms with E-state index in [1.165, 1.54) is 0 Å². The monoisotopic (exact) mass is 293 g/mol. The molecule has 3 rings (SSSR count). The van der Waals surface area contributed by atoms with E-state index in [2.05, 4.69) is 22.1 Å². The molecule has 0 saturated carbocycles. The quantitative estimate of drug-likeness (QED) is 0.944. The molecular formula is C15H20ClN3O. The van der Waals surface area contributed by atoms with Crippen LogP contribution in [0.2, 0.25) is 0 Å². The van der Waals surface area contributed by atoms with Crippen LogP contribution in [0.15, 0.2) is 41.0 Å². The van der Waals surface area contributed by atoms with Gasteiger partial charge in [-0.05, 0) is 19.1 Å². The Hall–Kier alpha value is -1.36. The minimum Gasteiger partial charge on any atom is -0.444 e. The van der Waals surface area contributed by atoms with E-state index in [0.29, 0.717) is 11.9 Å². The highest BCUT2D eigenvalue weighted by Crippen LogP contribution is 2.18. The summed E-state index contributed by atoms with van der Waals surface area (Å²) in [5.74, 6) is 0.707. The molecule has 20 heavy (non-hydrogen) atoms. The molecule has 0 amide bonds. The third kappa shape index (κ3) is 3.60. The molecule has 0 bridgehead atoms. The molecule has 1 aliphatic heterocycles. The molecule has 1 aromatic carbocycles. The molecule has 0 radical (unpaired) electrons. The molecule has 1 atom stereocenters. The number of oxazole rings is 1. The maximum atomic E-state index is 5.57. The van der Waals surface area contributed by atoms with Crippen molar-refractivity contribution in [3.8, 4) is 11.5 Å². The first kappa shape index (κ1) is 15.0. The number of halogens is 1. The third-order valence-corrected chi connectivity index (χ3v) is 3.41. The van der Waals surface area contributed by atoms with Crippen molar-refractivity contribution in [3.05, 3.63) is 42.3 Å². The first-order valence-electron chi connectivity index (χ1n) is 6.77. The van der Waals surface area contributed by atoms with Gasteiger partial charge in [-0.15, -0.1) is 12.4 Å². The van der Waals surface area contributed by atoms with Gasteiger partial charge in [0.2, 0.25) is 5.89 Å². The Morgan fingerprint density at radius 3 is 2.90 bits per heavy atom. The Kier molecular flexibility index (Phi) is 5.17. The van der Waals surface area contributed by atoms with Gasteiger partial charge in [-0.1, -0.05) is 18.2 Å².